The van der Waals surface area contributed by atoms with E-state index < -0.39 is 6.16 Å². The van der Waals surface area contributed by atoms with Crippen molar-refractivity contribution in [3.8, 4) is 0 Å². The lowest BCUT2D eigenvalue weighted by Gasteiger charge is -2.57. The second kappa shape index (κ2) is 8.04. The number of hydrogen-bond acceptors (Lipinski definition) is 4. The van der Waals surface area contributed by atoms with Crippen molar-refractivity contribution < 1.29 is 14.3 Å². The summed E-state index contributed by atoms with van der Waals surface area (Å²) in [6, 6.07) is 4.29. The molecular weight excluding hydrogens is 398 g/mol. The van der Waals surface area contributed by atoms with Crippen molar-refractivity contribution in [2.45, 2.75) is 84.8 Å². The van der Waals surface area contributed by atoms with E-state index in [1.165, 1.54) is 36.0 Å². The number of pyridine rings is 1. The standard InChI is InChI=1S/C28H37NO3/c1-18(2)31-26(30)32-21-11-13-27(3)20(16-21)7-8-22-24-10-9-23(19-6-5-15-29-17-19)28(24,4)14-12-25(22)27/h5-7,9,15,17-18,21-22,24-25H,8,10-14,16H2,1-4H3. The second-order valence-electron chi connectivity index (χ2n) is 11.2. The zero-order valence-corrected chi connectivity index (χ0v) is 20.0. The molecule has 5 rings (SSSR count). The molecule has 2 fully saturated rings. The molecule has 1 aromatic rings. The fourth-order valence-corrected chi connectivity index (χ4v) is 7.62. The van der Waals surface area contributed by atoms with Crippen molar-refractivity contribution in [1.82, 2.24) is 4.98 Å². The minimum absolute atomic E-state index is 0.0451. The minimum Gasteiger partial charge on any atom is -0.432 e. The number of rotatable bonds is 3. The summed E-state index contributed by atoms with van der Waals surface area (Å²) in [5, 5.41) is 0. The number of carbonyl (C=O) groups is 1. The van der Waals surface area contributed by atoms with Gasteiger partial charge in [0.2, 0.25) is 0 Å². The van der Waals surface area contributed by atoms with E-state index in [2.05, 4.69) is 43.1 Å². The SMILES string of the molecule is CC(C)OC(=O)OC1CCC2(C)C(=CCC3C2CCC2(C)C(c4cccnc4)=CCC32)C1. The van der Waals surface area contributed by atoms with Crippen molar-refractivity contribution in [3.63, 3.8) is 0 Å². The maximum atomic E-state index is 12.0. The van der Waals surface area contributed by atoms with E-state index >= 15 is 0 Å². The zero-order chi connectivity index (χ0) is 22.5. The molecule has 0 aromatic carbocycles. The van der Waals surface area contributed by atoms with Gasteiger partial charge in [-0.2, -0.15) is 0 Å². The molecular formula is C28H37NO3. The van der Waals surface area contributed by atoms with Gasteiger partial charge in [0.1, 0.15) is 6.10 Å². The molecule has 4 heteroatoms. The third-order valence-corrected chi connectivity index (χ3v) is 9.21. The Morgan fingerprint density at radius 3 is 2.66 bits per heavy atom. The summed E-state index contributed by atoms with van der Waals surface area (Å²) in [4.78, 5) is 16.4. The summed E-state index contributed by atoms with van der Waals surface area (Å²) in [5.74, 6) is 2.17. The number of carbonyl (C=O) groups excluding carboxylic acids is 1. The molecule has 1 heterocycles. The fourth-order valence-electron chi connectivity index (χ4n) is 7.62. The number of ether oxygens (including phenoxy) is 2. The Hall–Kier alpha value is -2.10. The first-order chi connectivity index (χ1) is 15.3. The van der Waals surface area contributed by atoms with Crippen molar-refractivity contribution in [3.05, 3.63) is 47.8 Å². The van der Waals surface area contributed by atoms with Gasteiger partial charge in [0.25, 0.3) is 0 Å². The molecule has 0 N–H and O–H groups in total. The number of fused-ring (bicyclic) bond motifs is 5. The predicted molar refractivity (Wildman–Crippen MR) is 126 cm³/mol. The average molecular weight is 436 g/mol. The maximum absolute atomic E-state index is 12.0. The second-order valence-corrected chi connectivity index (χ2v) is 11.2. The highest BCUT2D eigenvalue weighted by Gasteiger charge is 2.57. The minimum atomic E-state index is -0.517. The smallest absolute Gasteiger partial charge is 0.432 e. The Labute approximate surface area is 192 Å². The van der Waals surface area contributed by atoms with E-state index in [1.54, 1.807) is 0 Å². The highest BCUT2D eigenvalue weighted by atomic mass is 16.7. The van der Waals surface area contributed by atoms with E-state index in [0.29, 0.717) is 5.92 Å². The number of aromatic nitrogens is 1. The molecule has 0 aliphatic heterocycles. The van der Waals surface area contributed by atoms with Gasteiger partial charge in [-0.05, 0) is 98.2 Å². The molecule has 0 saturated heterocycles. The van der Waals surface area contributed by atoms with Gasteiger partial charge in [-0.3, -0.25) is 4.98 Å². The van der Waals surface area contributed by atoms with Crippen molar-refractivity contribution in [1.29, 1.82) is 0 Å². The highest BCUT2D eigenvalue weighted by molar-refractivity contribution is 5.72. The summed E-state index contributed by atoms with van der Waals surface area (Å²) in [6.07, 6.45) is 16.0. The van der Waals surface area contributed by atoms with Crippen molar-refractivity contribution in [2.24, 2.45) is 28.6 Å². The van der Waals surface area contributed by atoms with Crippen LogP contribution < -0.4 is 0 Å². The van der Waals surface area contributed by atoms with Gasteiger partial charge in [-0.15, -0.1) is 0 Å². The molecule has 4 aliphatic carbocycles. The number of hydrogen-bond donors (Lipinski definition) is 0. The molecule has 32 heavy (non-hydrogen) atoms. The molecule has 0 bridgehead atoms. The summed E-state index contributed by atoms with van der Waals surface area (Å²) < 4.78 is 10.9. The van der Waals surface area contributed by atoms with E-state index in [-0.39, 0.29) is 23.0 Å². The van der Waals surface area contributed by atoms with Crippen LogP contribution in [0.4, 0.5) is 4.79 Å². The largest absolute Gasteiger partial charge is 0.508 e. The van der Waals surface area contributed by atoms with E-state index in [1.807, 2.05) is 26.2 Å². The van der Waals surface area contributed by atoms with Crippen molar-refractivity contribution in [2.75, 3.05) is 0 Å². The van der Waals surface area contributed by atoms with Crippen LogP contribution in [0.15, 0.2) is 42.3 Å². The highest BCUT2D eigenvalue weighted by Crippen LogP contribution is 2.66. The topological polar surface area (TPSA) is 48.4 Å². The Morgan fingerprint density at radius 2 is 1.91 bits per heavy atom. The van der Waals surface area contributed by atoms with Crippen LogP contribution in [-0.2, 0) is 9.47 Å². The van der Waals surface area contributed by atoms with Crippen LogP contribution in [-0.4, -0.2) is 23.3 Å². The Balaban J connectivity index is 1.33. The van der Waals surface area contributed by atoms with E-state index in [4.69, 9.17) is 9.47 Å². The molecule has 2 saturated carbocycles. The third kappa shape index (κ3) is 3.50. The van der Waals surface area contributed by atoms with Gasteiger partial charge in [0.15, 0.2) is 0 Å². The van der Waals surface area contributed by atoms with Crippen LogP contribution in [0.5, 0.6) is 0 Å². The monoisotopic (exact) mass is 435 g/mol. The summed E-state index contributed by atoms with van der Waals surface area (Å²) >= 11 is 0. The Morgan fingerprint density at radius 1 is 1.09 bits per heavy atom. The normalized spacial score (nSPS) is 38.2. The van der Waals surface area contributed by atoms with Crippen LogP contribution in [0.2, 0.25) is 0 Å². The van der Waals surface area contributed by atoms with Crippen LogP contribution in [0.25, 0.3) is 5.57 Å². The first-order valence-electron chi connectivity index (χ1n) is 12.5. The number of nitrogens with zero attached hydrogens (tertiary/aromatic N) is 1. The quantitative estimate of drug-likeness (QED) is 0.380. The average Bonchev–Trinajstić information content (AvgIpc) is 3.11. The van der Waals surface area contributed by atoms with E-state index in [0.717, 1.165) is 37.5 Å². The van der Waals surface area contributed by atoms with Gasteiger partial charge in [-0.25, -0.2) is 4.79 Å². The lowest BCUT2D eigenvalue weighted by Crippen LogP contribution is -2.50. The van der Waals surface area contributed by atoms with Crippen LogP contribution in [0.3, 0.4) is 0 Å². The molecule has 0 spiro atoms. The predicted octanol–water partition coefficient (Wildman–Crippen LogP) is 6.97. The molecule has 4 nitrogen and oxygen atoms in total. The summed E-state index contributed by atoms with van der Waals surface area (Å²) in [5.41, 5.74) is 4.85. The Kier molecular flexibility index (Phi) is 5.46. The fraction of sp³-hybridized carbons (Fsp3) is 0.643. The molecule has 172 valence electrons. The van der Waals surface area contributed by atoms with Crippen molar-refractivity contribution >= 4 is 11.7 Å². The molecule has 4 aliphatic rings. The van der Waals surface area contributed by atoms with Gasteiger partial charge in [0.05, 0.1) is 6.10 Å². The molecule has 6 atom stereocenters. The molecule has 0 radical (unpaired) electrons. The Bertz CT molecular complexity index is 935. The van der Waals surface area contributed by atoms with E-state index in [9.17, 15) is 4.79 Å². The van der Waals surface area contributed by atoms with Gasteiger partial charge >= 0.3 is 6.16 Å². The van der Waals surface area contributed by atoms with Crippen LogP contribution in [0.1, 0.15) is 78.2 Å². The van der Waals surface area contributed by atoms with Gasteiger partial charge in [0, 0.05) is 18.8 Å². The third-order valence-electron chi connectivity index (χ3n) is 9.21. The molecule has 0 amide bonds. The lowest BCUT2D eigenvalue weighted by molar-refractivity contribution is -0.0397. The molecule has 6 unspecified atom stereocenters. The maximum Gasteiger partial charge on any atom is 0.508 e. The van der Waals surface area contributed by atoms with Gasteiger partial charge < -0.3 is 9.47 Å². The van der Waals surface area contributed by atoms with Crippen LogP contribution >= 0.6 is 0 Å². The summed E-state index contributed by atoms with van der Waals surface area (Å²) in [7, 11) is 0. The first-order valence-corrected chi connectivity index (χ1v) is 12.5. The lowest BCUT2D eigenvalue weighted by atomic mass is 9.47. The summed E-state index contributed by atoms with van der Waals surface area (Å²) in [6.45, 7) is 8.71. The van der Waals surface area contributed by atoms with Crippen LogP contribution in [0, 0.1) is 28.6 Å². The number of allylic oxidation sites excluding steroid dienone is 3. The molecule has 1 aromatic heterocycles. The first kappa shape index (κ1) is 21.7. The zero-order valence-electron chi connectivity index (χ0n) is 20.0. The van der Waals surface area contributed by atoms with Gasteiger partial charge in [-0.1, -0.05) is 37.6 Å².